The maximum absolute atomic E-state index is 11.3. The Kier molecular flexibility index (Phi) is 3.50. The zero-order valence-electron chi connectivity index (χ0n) is 12.0. The van der Waals surface area contributed by atoms with E-state index in [4.69, 9.17) is 0 Å². The van der Waals surface area contributed by atoms with Crippen LogP contribution in [0.3, 0.4) is 0 Å². The average Bonchev–Trinajstić information content (AvgIpc) is 2.89. The van der Waals surface area contributed by atoms with Gasteiger partial charge in [-0.1, -0.05) is 31.2 Å². The van der Waals surface area contributed by atoms with Crippen LogP contribution in [-0.4, -0.2) is 22.1 Å². The molecule has 112 valence electrons. The van der Waals surface area contributed by atoms with Crippen LogP contribution in [0.5, 0.6) is 0 Å². The fourth-order valence-corrected chi connectivity index (χ4v) is 2.72. The lowest BCUT2D eigenvalue weighted by Crippen LogP contribution is -2.36. The average molecular weight is 297 g/mol. The maximum Gasteiger partial charge on any atom is 0.328 e. The fraction of sp³-hybridized carbons (Fsp3) is 0.188. The number of aliphatic carboxylic acids is 1. The van der Waals surface area contributed by atoms with E-state index in [1.807, 2.05) is 30.3 Å². The highest BCUT2D eigenvalue weighted by atomic mass is 16.4. The predicted molar refractivity (Wildman–Crippen MR) is 85.8 cm³/mol. The quantitative estimate of drug-likeness (QED) is 0.555. The normalized spacial score (nSPS) is 12.4. The van der Waals surface area contributed by atoms with E-state index >= 15 is 0 Å². The van der Waals surface area contributed by atoms with Crippen LogP contribution in [0, 0.1) is 4.91 Å². The van der Waals surface area contributed by atoms with Crippen molar-refractivity contribution in [1.29, 1.82) is 0 Å². The first-order chi connectivity index (χ1) is 10.7. The minimum atomic E-state index is -1.07. The number of nitrogens with zero attached hydrogens (tertiary/aromatic N) is 2. The molecule has 0 aliphatic rings. The van der Waals surface area contributed by atoms with E-state index in [9.17, 15) is 14.8 Å². The van der Waals surface area contributed by atoms with E-state index in [2.05, 4.69) is 10.3 Å². The molecule has 0 bridgehead atoms. The van der Waals surface area contributed by atoms with E-state index in [1.54, 1.807) is 19.1 Å². The lowest BCUT2D eigenvalue weighted by molar-refractivity contribution is -0.138. The highest BCUT2D eigenvalue weighted by molar-refractivity contribution is 6.08. The molecule has 0 radical (unpaired) electrons. The molecule has 1 heterocycles. The van der Waals surface area contributed by atoms with Crippen LogP contribution in [0.1, 0.15) is 13.3 Å². The number of nitrogens with one attached hydrogen (secondary N) is 1. The largest absolute Gasteiger partial charge is 0.480 e. The molecule has 22 heavy (non-hydrogen) atoms. The number of carbonyl (C=O) groups is 1. The second kappa shape index (κ2) is 5.48. The van der Waals surface area contributed by atoms with Gasteiger partial charge in [0.05, 0.1) is 11.0 Å². The summed E-state index contributed by atoms with van der Waals surface area (Å²) in [6.07, 6.45) is 0.284. The van der Waals surface area contributed by atoms with Gasteiger partial charge in [-0.2, -0.15) is 0 Å². The summed E-state index contributed by atoms with van der Waals surface area (Å²) in [5.41, 5.74) is 2.29. The number of fused-ring (bicyclic) bond motifs is 3. The lowest BCUT2D eigenvalue weighted by atomic mass is 10.1. The number of nitroso groups, excluding NO2 is 1. The molecule has 6 heteroatoms. The van der Waals surface area contributed by atoms with E-state index in [0.29, 0.717) is 5.69 Å². The fourth-order valence-electron chi connectivity index (χ4n) is 2.72. The first-order valence-corrected chi connectivity index (χ1v) is 7.01. The highest BCUT2D eigenvalue weighted by Crippen LogP contribution is 2.29. The van der Waals surface area contributed by atoms with Crippen molar-refractivity contribution in [3.05, 3.63) is 47.4 Å². The summed E-state index contributed by atoms with van der Waals surface area (Å²) in [6.45, 7) is 1.71. The molecule has 1 unspecified atom stereocenters. The second-order valence-corrected chi connectivity index (χ2v) is 5.09. The number of hydrogen-bond acceptors (Lipinski definition) is 3. The van der Waals surface area contributed by atoms with Crippen molar-refractivity contribution < 1.29 is 9.90 Å². The van der Waals surface area contributed by atoms with Gasteiger partial charge in [-0.05, 0) is 24.6 Å². The predicted octanol–water partition coefficient (Wildman–Crippen LogP) is 3.67. The first kappa shape index (κ1) is 14.1. The Hall–Kier alpha value is -2.89. The molecule has 0 saturated carbocycles. The molecule has 0 spiro atoms. The van der Waals surface area contributed by atoms with Gasteiger partial charge in [0.2, 0.25) is 0 Å². The van der Waals surface area contributed by atoms with Gasteiger partial charge in [0.15, 0.2) is 6.04 Å². The Labute approximate surface area is 126 Å². The first-order valence-electron chi connectivity index (χ1n) is 7.01. The van der Waals surface area contributed by atoms with E-state index in [0.717, 1.165) is 26.8 Å². The standard InChI is InChI=1S/C16H15N3O3/c1-2-15(16(20)21)19(18-22)10-7-8-12-11-5-3-4-6-13(11)17-14(12)9-10/h3-9,15,17H,2H2,1H3,(H,20,21). The molecule has 6 nitrogen and oxygen atoms in total. The van der Waals surface area contributed by atoms with Crippen LogP contribution >= 0.6 is 0 Å². The van der Waals surface area contributed by atoms with Crippen LogP contribution in [0.4, 0.5) is 5.69 Å². The number of aromatic nitrogens is 1. The summed E-state index contributed by atoms with van der Waals surface area (Å²) in [5, 5.41) is 15.2. The number of benzene rings is 2. The molecule has 0 fully saturated rings. The number of carboxylic acids is 1. The third-order valence-electron chi connectivity index (χ3n) is 3.81. The van der Waals surface area contributed by atoms with E-state index in [-0.39, 0.29) is 6.42 Å². The summed E-state index contributed by atoms with van der Waals surface area (Å²) in [7, 11) is 0. The molecule has 2 aromatic carbocycles. The summed E-state index contributed by atoms with van der Waals surface area (Å²) < 4.78 is 0. The molecular weight excluding hydrogens is 282 g/mol. The molecule has 0 saturated heterocycles. The summed E-state index contributed by atoms with van der Waals surface area (Å²) in [6, 6.07) is 12.2. The van der Waals surface area contributed by atoms with Gasteiger partial charge in [0.1, 0.15) is 0 Å². The zero-order valence-corrected chi connectivity index (χ0v) is 12.0. The Balaban J connectivity index is 2.12. The third kappa shape index (κ3) is 2.18. The van der Waals surface area contributed by atoms with Gasteiger partial charge in [0, 0.05) is 21.8 Å². The third-order valence-corrected chi connectivity index (χ3v) is 3.81. The van der Waals surface area contributed by atoms with Crippen molar-refractivity contribution in [2.45, 2.75) is 19.4 Å². The molecule has 2 N–H and O–H groups in total. The zero-order chi connectivity index (χ0) is 15.7. The van der Waals surface area contributed by atoms with Gasteiger partial charge in [-0.3, -0.25) is 0 Å². The minimum absolute atomic E-state index is 0.284. The number of hydrogen-bond donors (Lipinski definition) is 2. The van der Waals surface area contributed by atoms with Crippen LogP contribution in [-0.2, 0) is 4.79 Å². The lowest BCUT2D eigenvalue weighted by Gasteiger charge is -2.21. The number of para-hydroxylation sites is 1. The summed E-state index contributed by atoms with van der Waals surface area (Å²) in [4.78, 5) is 25.6. The topological polar surface area (TPSA) is 85.8 Å². The van der Waals surface area contributed by atoms with Crippen LogP contribution in [0.2, 0.25) is 0 Å². The summed E-state index contributed by atoms with van der Waals surface area (Å²) in [5.74, 6) is -1.07. The van der Waals surface area contributed by atoms with Crippen molar-refractivity contribution in [3.63, 3.8) is 0 Å². The Morgan fingerprint density at radius 1 is 1.23 bits per heavy atom. The van der Waals surface area contributed by atoms with Crippen LogP contribution in [0.15, 0.2) is 47.8 Å². The van der Waals surface area contributed by atoms with Gasteiger partial charge < -0.3 is 10.1 Å². The van der Waals surface area contributed by atoms with Gasteiger partial charge >= 0.3 is 5.97 Å². The molecule has 0 amide bonds. The van der Waals surface area contributed by atoms with Crippen molar-refractivity contribution in [1.82, 2.24) is 4.98 Å². The number of H-pyrrole nitrogens is 1. The van der Waals surface area contributed by atoms with Crippen molar-refractivity contribution >= 4 is 33.5 Å². The highest BCUT2D eigenvalue weighted by Gasteiger charge is 2.25. The van der Waals surface area contributed by atoms with E-state index < -0.39 is 12.0 Å². The van der Waals surface area contributed by atoms with Crippen LogP contribution in [0.25, 0.3) is 21.8 Å². The minimum Gasteiger partial charge on any atom is -0.480 e. The maximum atomic E-state index is 11.3. The molecular formula is C16H15N3O3. The Bertz CT molecular complexity index is 856. The molecule has 1 aromatic heterocycles. The Morgan fingerprint density at radius 3 is 2.64 bits per heavy atom. The summed E-state index contributed by atoms with van der Waals surface area (Å²) >= 11 is 0. The Morgan fingerprint density at radius 2 is 1.95 bits per heavy atom. The molecule has 1 atom stereocenters. The smallest absolute Gasteiger partial charge is 0.328 e. The molecule has 3 rings (SSSR count). The number of rotatable bonds is 5. The number of aromatic amines is 1. The van der Waals surface area contributed by atoms with Gasteiger partial charge in [-0.25, -0.2) is 9.80 Å². The van der Waals surface area contributed by atoms with E-state index in [1.165, 1.54) is 0 Å². The van der Waals surface area contributed by atoms with Crippen molar-refractivity contribution in [3.8, 4) is 0 Å². The number of anilines is 1. The molecule has 0 aliphatic heterocycles. The van der Waals surface area contributed by atoms with Crippen LogP contribution < -0.4 is 5.01 Å². The molecule has 0 aliphatic carbocycles. The van der Waals surface area contributed by atoms with Crippen molar-refractivity contribution in [2.24, 2.45) is 5.29 Å². The van der Waals surface area contributed by atoms with Gasteiger partial charge in [0.25, 0.3) is 0 Å². The van der Waals surface area contributed by atoms with Crippen molar-refractivity contribution in [2.75, 3.05) is 5.01 Å². The SMILES string of the molecule is CCC(C(=O)O)N(N=O)c1ccc2c(c1)[nH]c1ccccc12. The monoisotopic (exact) mass is 297 g/mol. The van der Waals surface area contributed by atoms with Gasteiger partial charge in [-0.15, -0.1) is 4.91 Å². The number of carboxylic acid groups (broad SMARTS) is 1. The molecule has 3 aromatic rings. The second-order valence-electron chi connectivity index (χ2n) is 5.09.